The Morgan fingerprint density at radius 1 is 1.10 bits per heavy atom. The molecule has 0 radical (unpaired) electrons. The third kappa shape index (κ3) is 3.50. The maximum atomic E-state index is 12.5. The number of hydrogen-bond acceptors (Lipinski definition) is 5. The minimum absolute atomic E-state index is 0.100. The van der Waals surface area contributed by atoms with Gasteiger partial charge in [0.05, 0.1) is 18.2 Å². The molecule has 3 amide bonds. The number of carbonyl (C=O) groups is 3. The first kappa shape index (κ1) is 19.3. The van der Waals surface area contributed by atoms with Crippen LogP contribution in [-0.4, -0.2) is 48.8 Å². The highest BCUT2D eigenvalue weighted by molar-refractivity contribution is 7.08. The van der Waals surface area contributed by atoms with Crippen LogP contribution < -0.4 is 15.5 Å². The molecule has 1 saturated heterocycles. The van der Waals surface area contributed by atoms with E-state index >= 15 is 0 Å². The number of anilines is 2. The smallest absolute Gasteiger partial charge is 0.313 e. The summed E-state index contributed by atoms with van der Waals surface area (Å²) < 4.78 is 0. The van der Waals surface area contributed by atoms with E-state index in [0.717, 1.165) is 55.7 Å². The molecule has 2 N–H and O–H groups in total. The quantitative estimate of drug-likeness (QED) is 0.720. The first-order chi connectivity index (χ1) is 14.6. The average Bonchev–Trinajstić information content (AvgIpc) is 3.33. The number of benzene rings is 1. The highest BCUT2D eigenvalue weighted by Crippen LogP contribution is 2.38. The predicted octanol–water partition coefficient (Wildman–Crippen LogP) is 2.09. The van der Waals surface area contributed by atoms with Gasteiger partial charge in [0, 0.05) is 31.9 Å². The Morgan fingerprint density at radius 2 is 1.93 bits per heavy atom. The summed E-state index contributed by atoms with van der Waals surface area (Å²) in [5.41, 5.74) is 4.76. The SMILES string of the molecule is O=C(NC[C@@H](c1ccsc1)N1CCC1)C(=O)Nc1cc2c3c(c1)CC(=O)N3CCC2. The number of aryl methyl sites for hydroxylation is 1. The van der Waals surface area contributed by atoms with Crippen LogP contribution >= 0.6 is 11.3 Å². The molecule has 1 aromatic heterocycles. The Hall–Kier alpha value is -2.71. The van der Waals surface area contributed by atoms with Crippen molar-refractivity contribution in [1.29, 1.82) is 0 Å². The van der Waals surface area contributed by atoms with E-state index in [-0.39, 0.29) is 11.9 Å². The molecule has 3 aliphatic rings. The first-order valence-corrected chi connectivity index (χ1v) is 11.4. The van der Waals surface area contributed by atoms with E-state index in [1.165, 1.54) is 5.56 Å². The van der Waals surface area contributed by atoms with Gasteiger partial charge < -0.3 is 15.5 Å². The van der Waals surface area contributed by atoms with Gasteiger partial charge in [-0.05, 0) is 64.9 Å². The Morgan fingerprint density at radius 3 is 2.67 bits per heavy atom. The standard InChI is InChI=1S/C22H24N4O3S/c27-19-11-16-10-17(9-14-3-1-7-26(19)20(14)16)24-22(29)21(28)23-12-18(25-5-2-6-25)15-4-8-30-13-15/h4,8-10,13,18H,1-3,5-7,11-12H2,(H,23,28)(H,24,29)/t18-/m0/s1. The summed E-state index contributed by atoms with van der Waals surface area (Å²) in [6.45, 7) is 3.18. The highest BCUT2D eigenvalue weighted by atomic mass is 32.1. The molecule has 156 valence electrons. The molecule has 1 aromatic carbocycles. The minimum atomic E-state index is -0.674. The number of likely N-dealkylation sites (tertiary alicyclic amines) is 1. The van der Waals surface area contributed by atoms with Crippen LogP contribution in [0.3, 0.4) is 0 Å². The molecule has 1 atom stereocenters. The van der Waals surface area contributed by atoms with Crippen LogP contribution in [0.5, 0.6) is 0 Å². The lowest BCUT2D eigenvalue weighted by Gasteiger charge is -2.38. The molecule has 3 aliphatic heterocycles. The first-order valence-electron chi connectivity index (χ1n) is 10.4. The van der Waals surface area contributed by atoms with Gasteiger partial charge in [-0.15, -0.1) is 0 Å². The Balaban J connectivity index is 1.24. The summed E-state index contributed by atoms with van der Waals surface area (Å²) in [4.78, 5) is 41.3. The van der Waals surface area contributed by atoms with E-state index in [1.54, 1.807) is 11.3 Å². The lowest BCUT2D eigenvalue weighted by Crippen LogP contribution is -2.46. The summed E-state index contributed by atoms with van der Waals surface area (Å²) >= 11 is 1.63. The van der Waals surface area contributed by atoms with Gasteiger partial charge in [-0.1, -0.05) is 0 Å². The van der Waals surface area contributed by atoms with Gasteiger partial charge >= 0.3 is 11.8 Å². The van der Waals surface area contributed by atoms with Crippen molar-refractivity contribution in [3.63, 3.8) is 0 Å². The molecule has 7 nitrogen and oxygen atoms in total. The summed E-state index contributed by atoms with van der Waals surface area (Å²) in [7, 11) is 0. The van der Waals surface area contributed by atoms with Crippen LogP contribution in [0, 0.1) is 0 Å². The van der Waals surface area contributed by atoms with E-state index < -0.39 is 11.8 Å². The van der Waals surface area contributed by atoms with E-state index in [2.05, 4.69) is 27.0 Å². The number of nitrogens with one attached hydrogen (secondary N) is 2. The zero-order valence-corrected chi connectivity index (χ0v) is 17.5. The van der Waals surface area contributed by atoms with Crippen molar-refractivity contribution >= 4 is 40.4 Å². The van der Waals surface area contributed by atoms with Crippen molar-refractivity contribution in [1.82, 2.24) is 10.2 Å². The number of rotatable bonds is 5. The molecular formula is C22H24N4O3S. The summed E-state index contributed by atoms with van der Waals surface area (Å²) in [5.74, 6) is -1.20. The van der Waals surface area contributed by atoms with Gasteiger partial charge in [-0.3, -0.25) is 19.3 Å². The minimum Gasteiger partial charge on any atom is -0.346 e. The van der Waals surface area contributed by atoms with Gasteiger partial charge in [0.1, 0.15) is 0 Å². The molecule has 0 aliphatic carbocycles. The molecule has 30 heavy (non-hydrogen) atoms. The lowest BCUT2D eigenvalue weighted by atomic mass is 9.99. The number of nitrogens with zero attached hydrogens (tertiary/aromatic N) is 2. The molecule has 0 bridgehead atoms. The monoisotopic (exact) mass is 424 g/mol. The highest BCUT2D eigenvalue weighted by Gasteiger charge is 2.33. The third-order valence-electron chi connectivity index (χ3n) is 6.19. The van der Waals surface area contributed by atoms with Crippen molar-refractivity contribution in [2.24, 2.45) is 0 Å². The molecule has 8 heteroatoms. The summed E-state index contributed by atoms with van der Waals surface area (Å²) in [6, 6.07) is 5.88. The van der Waals surface area contributed by atoms with Crippen LogP contribution in [0.15, 0.2) is 29.0 Å². The third-order valence-corrected chi connectivity index (χ3v) is 6.89. The zero-order valence-electron chi connectivity index (χ0n) is 16.6. The fourth-order valence-electron chi connectivity index (χ4n) is 4.58. The van der Waals surface area contributed by atoms with Crippen molar-refractivity contribution in [3.05, 3.63) is 45.6 Å². The number of thiophene rings is 1. The number of carbonyl (C=O) groups excluding carboxylic acids is 3. The maximum absolute atomic E-state index is 12.5. The molecular weight excluding hydrogens is 400 g/mol. The van der Waals surface area contributed by atoms with Crippen molar-refractivity contribution in [2.45, 2.75) is 31.7 Å². The Labute approximate surface area is 179 Å². The second kappa shape index (κ2) is 7.85. The second-order valence-corrected chi connectivity index (χ2v) is 8.87. The Kier molecular flexibility index (Phi) is 5.04. The van der Waals surface area contributed by atoms with Gasteiger partial charge in [0.25, 0.3) is 0 Å². The largest absolute Gasteiger partial charge is 0.346 e. The van der Waals surface area contributed by atoms with Crippen molar-refractivity contribution < 1.29 is 14.4 Å². The maximum Gasteiger partial charge on any atom is 0.313 e. The predicted molar refractivity (Wildman–Crippen MR) is 116 cm³/mol. The fraction of sp³-hybridized carbons (Fsp3) is 0.409. The van der Waals surface area contributed by atoms with E-state index in [0.29, 0.717) is 18.7 Å². The number of amides is 3. The molecule has 1 fully saturated rings. The van der Waals surface area contributed by atoms with Gasteiger partial charge in [-0.25, -0.2) is 0 Å². The summed E-state index contributed by atoms with van der Waals surface area (Å²) in [6.07, 6.45) is 3.31. The van der Waals surface area contributed by atoms with Gasteiger partial charge in [0.2, 0.25) is 5.91 Å². The fourth-order valence-corrected chi connectivity index (χ4v) is 5.29. The van der Waals surface area contributed by atoms with E-state index in [4.69, 9.17) is 0 Å². The van der Waals surface area contributed by atoms with Crippen molar-refractivity contribution in [2.75, 3.05) is 36.4 Å². The van der Waals surface area contributed by atoms with Crippen LogP contribution in [0.2, 0.25) is 0 Å². The van der Waals surface area contributed by atoms with E-state index in [1.807, 2.05) is 22.4 Å². The van der Waals surface area contributed by atoms with Crippen LogP contribution in [-0.2, 0) is 27.2 Å². The lowest BCUT2D eigenvalue weighted by molar-refractivity contribution is -0.136. The summed E-state index contributed by atoms with van der Waals surface area (Å²) in [5, 5.41) is 9.64. The van der Waals surface area contributed by atoms with Gasteiger partial charge in [-0.2, -0.15) is 11.3 Å². The molecule has 2 aromatic rings. The topological polar surface area (TPSA) is 81.8 Å². The molecule has 0 saturated carbocycles. The van der Waals surface area contributed by atoms with Crippen LogP contribution in [0.4, 0.5) is 11.4 Å². The molecule has 4 heterocycles. The van der Waals surface area contributed by atoms with Gasteiger partial charge in [0.15, 0.2) is 0 Å². The van der Waals surface area contributed by atoms with E-state index in [9.17, 15) is 14.4 Å². The Bertz CT molecular complexity index is 1000. The normalized spacial score (nSPS) is 18.5. The van der Waals surface area contributed by atoms with Crippen LogP contribution in [0.1, 0.15) is 35.6 Å². The molecule has 5 rings (SSSR count). The molecule has 0 unspecified atom stereocenters. The number of hydrogen-bond donors (Lipinski definition) is 2. The van der Waals surface area contributed by atoms with Crippen molar-refractivity contribution in [3.8, 4) is 0 Å². The zero-order chi connectivity index (χ0) is 20.7. The second-order valence-electron chi connectivity index (χ2n) is 8.09. The molecule has 0 spiro atoms. The van der Waals surface area contributed by atoms with Crippen LogP contribution in [0.25, 0.3) is 0 Å². The average molecular weight is 425 g/mol.